The van der Waals surface area contributed by atoms with E-state index in [1.165, 1.54) is 0 Å². The van der Waals surface area contributed by atoms with Crippen LogP contribution >= 0.6 is 0 Å². The monoisotopic (exact) mass is 143 g/mol. The molecule has 3 nitrogen and oxygen atoms in total. The molecule has 0 aromatic heterocycles. The first-order valence-corrected chi connectivity index (χ1v) is 3.16. The van der Waals surface area contributed by atoms with Crippen molar-refractivity contribution in [1.29, 1.82) is 0 Å². The Labute approximate surface area is 60.9 Å². The van der Waals surface area contributed by atoms with Crippen molar-refractivity contribution in [3.63, 3.8) is 0 Å². The molecule has 1 unspecified atom stereocenters. The molecule has 0 rings (SSSR count). The van der Waals surface area contributed by atoms with E-state index in [0.717, 1.165) is 6.26 Å². The van der Waals surface area contributed by atoms with Crippen LogP contribution in [0.5, 0.6) is 0 Å². The fourth-order valence-corrected chi connectivity index (χ4v) is 0.433. The zero-order valence-corrected chi connectivity index (χ0v) is 6.33. The fourth-order valence-electron chi connectivity index (χ4n) is 0.433. The Morgan fingerprint density at radius 3 is 2.50 bits per heavy atom. The number of esters is 1. The Balaban J connectivity index is 3.81. The molecule has 10 heavy (non-hydrogen) atoms. The maximum atomic E-state index is 10.8. The lowest BCUT2D eigenvalue weighted by molar-refractivity contribution is -0.140. The molecule has 58 valence electrons. The predicted molar refractivity (Wildman–Crippen MR) is 39.1 cm³/mol. The lowest BCUT2D eigenvalue weighted by atomic mass is 10.1. The number of carbonyl (C=O) groups excluding carboxylic acids is 1. The van der Waals surface area contributed by atoms with E-state index in [-0.39, 0.29) is 5.92 Å². The summed E-state index contributed by atoms with van der Waals surface area (Å²) in [5.74, 6) is -0.322. The normalized spacial score (nSPS) is 12.8. The predicted octanol–water partition coefficient (Wildman–Crippen LogP) is 0.656. The lowest BCUT2D eigenvalue weighted by Gasteiger charge is -2.11. The van der Waals surface area contributed by atoms with Gasteiger partial charge in [-0.25, -0.2) is 4.79 Å². The van der Waals surface area contributed by atoms with Crippen molar-refractivity contribution in [2.75, 3.05) is 0 Å². The summed E-state index contributed by atoms with van der Waals surface area (Å²) >= 11 is 0. The van der Waals surface area contributed by atoms with Crippen molar-refractivity contribution in [2.24, 2.45) is 11.7 Å². The smallest absolute Gasteiger partial charge is 0.327 e. The number of nitrogens with two attached hydrogens (primary N) is 1. The number of hydrogen-bond donors (Lipinski definition) is 1. The highest BCUT2D eigenvalue weighted by atomic mass is 16.5. The van der Waals surface area contributed by atoms with E-state index in [4.69, 9.17) is 5.73 Å². The van der Waals surface area contributed by atoms with Crippen molar-refractivity contribution in [3.8, 4) is 0 Å². The highest BCUT2D eigenvalue weighted by Crippen LogP contribution is 1.99. The average molecular weight is 143 g/mol. The number of carbonyl (C=O) groups is 1. The molecule has 1 atom stereocenters. The molecule has 0 heterocycles. The van der Waals surface area contributed by atoms with Gasteiger partial charge in [0.1, 0.15) is 6.04 Å². The molecule has 0 radical (unpaired) electrons. The van der Waals surface area contributed by atoms with Gasteiger partial charge in [0.2, 0.25) is 0 Å². The van der Waals surface area contributed by atoms with E-state index in [2.05, 4.69) is 11.3 Å². The first kappa shape index (κ1) is 9.17. The average Bonchev–Trinajstić information content (AvgIpc) is 1.87. The van der Waals surface area contributed by atoms with E-state index in [1.807, 2.05) is 13.8 Å². The Morgan fingerprint density at radius 1 is 1.70 bits per heavy atom. The quantitative estimate of drug-likeness (QED) is 0.466. The third kappa shape index (κ3) is 2.64. The van der Waals surface area contributed by atoms with Gasteiger partial charge in [0, 0.05) is 0 Å². The Hall–Kier alpha value is -0.830. The van der Waals surface area contributed by atoms with Crippen LogP contribution in [0.3, 0.4) is 0 Å². The molecule has 3 heteroatoms. The molecule has 0 aromatic rings. The summed E-state index contributed by atoms with van der Waals surface area (Å²) in [6.07, 6.45) is 1.09. The molecule has 0 saturated carbocycles. The molecule has 0 bridgehead atoms. The summed E-state index contributed by atoms with van der Waals surface area (Å²) in [6, 6.07) is -0.544. The third-order valence-corrected chi connectivity index (χ3v) is 1.19. The van der Waals surface area contributed by atoms with Crippen molar-refractivity contribution in [3.05, 3.63) is 12.8 Å². The van der Waals surface area contributed by atoms with Crippen LogP contribution in [0.2, 0.25) is 0 Å². The Kier molecular flexibility index (Phi) is 3.72. The van der Waals surface area contributed by atoms with Crippen LogP contribution in [0.25, 0.3) is 0 Å². The van der Waals surface area contributed by atoms with Gasteiger partial charge >= 0.3 is 5.97 Å². The van der Waals surface area contributed by atoms with Gasteiger partial charge < -0.3 is 10.5 Å². The van der Waals surface area contributed by atoms with Gasteiger partial charge in [-0.1, -0.05) is 20.4 Å². The van der Waals surface area contributed by atoms with Gasteiger partial charge in [-0.2, -0.15) is 0 Å². The van der Waals surface area contributed by atoms with Crippen molar-refractivity contribution >= 4 is 5.97 Å². The minimum Gasteiger partial charge on any atom is -0.434 e. The van der Waals surface area contributed by atoms with Gasteiger partial charge in [0.15, 0.2) is 0 Å². The first-order valence-electron chi connectivity index (χ1n) is 3.16. The van der Waals surface area contributed by atoms with Crippen molar-refractivity contribution in [2.45, 2.75) is 19.9 Å². The zero-order valence-electron chi connectivity index (χ0n) is 6.33. The summed E-state index contributed by atoms with van der Waals surface area (Å²) in [5, 5.41) is 0. The topological polar surface area (TPSA) is 52.3 Å². The Bertz CT molecular complexity index is 132. The maximum absolute atomic E-state index is 10.8. The summed E-state index contributed by atoms with van der Waals surface area (Å²) in [6.45, 7) is 6.96. The second-order valence-corrected chi connectivity index (χ2v) is 2.37. The molecule has 0 saturated heterocycles. The van der Waals surface area contributed by atoms with E-state index in [9.17, 15) is 4.79 Å². The largest absolute Gasteiger partial charge is 0.434 e. The zero-order chi connectivity index (χ0) is 8.15. The molecule has 2 N–H and O–H groups in total. The molecule has 0 aliphatic heterocycles. The molecule has 0 fully saturated rings. The van der Waals surface area contributed by atoms with Crippen LogP contribution in [0, 0.1) is 5.92 Å². The number of hydrogen-bond acceptors (Lipinski definition) is 3. The third-order valence-electron chi connectivity index (χ3n) is 1.19. The highest BCUT2D eigenvalue weighted by Gasteiger charge is 2.17. The summed E-state index contributed by atoms with van der Waals surface area (Å²) in [5.41, 5.74) is 5.42. The Morgan fingerprint density at radius 2 is 2.20 bits per heavy atom. The van der Waals surface area contributed by atoms with Crippen LogP contribution in [-0.4, -0.2) is 12.0 Å². The van der Waals surface area contributed by atoms with Gasteiger partial charge in [0.05, 0.1) is 6.26 Å². The summed E-state index contributed by atoms with van der Waals surface area (Å²) in [4.78, 5) is 10.8. The highest BCUT2D eigenvalue weighted by molar-refractivity contribution is 5.76. The maximum Gasteiger partial charge on any atom is 0.327 e. The second-order valence-electron chi connectivity index (χ2n) is 2.37. The SMILES string of the molecule is C=COC(=O)C(N)C(C)C. The molecule has 0 aliphatic rings. The van der Waals surface area contributed by atoms with Crippen LogP contribution in [0.15, 0.2) is 12.8 Å². The van der Waals surface area contributed by atoms with Crippen LogP contribution < -0.4 is 5.73 Å². The van der Waals surface area contributed by atoms with Crippen molar-refractivity contribution in [1.82, 2.24) is 0 Å². The minimum absolute atomic E-state index is 0.104. The number of rotatable bonds is 3. The van der Waals surface area contributed by atoms with Gasteiger partial charge in [-0.15, -0.1) is 0 Å². The second kappa shape index (κ2) is 4.06. The molecule has 0 aliphatic carbocycles. The van der Waals surface area contributed by atoms with Crippen LogP contribution in [0.4, 0.5) is 0 Å². The van der Waals surface area contributed by atoms with Crippen LogP contribution in [-0.2, 0) is 9.53 Å². The van der Waals surface area contributed by atoms with E-state index in [0.29, 0.717) is 0 Å². The van der Waals surface area contributed by atoms with E-state index in [1.54, 1.807) is 0 Å². The van der Waals surface area contributed by atoms with Gasteiger partial charge in [0.25, 0.3) is 0 Å². The molecule has 0 spiro atoms. The molecule has 0 aromatic carbocycles. The molecule has 0 amide bonds. The summed E-state index contributed by atoms with van der Waals surface area (Å²) < 4.78 is 4.46. The van der Waals surface area contributed by atoms with E-state index >= 15 is 0 Å². The standard InChI is InChI=1S/C7H13NO2/c1-4-10-7(9)6(8)5(2)3/h4-6H,1,8H2,2-3H3. The first-order chi connectivity index (χ1) is 4.59. The lowest BCUT2D eigenvalue weighted by Crippen LogP contribution is -2.36. The van der Waals surface area contributed by atoms with E-state index < -0.39 is 12.0 Å². The fraction of sp³-hybridized carbons (Fsp3) is 0.571. The van der Waals surface area contributed by atoms with Gasteiger partial charge in [-0.05, 0) is 5.92 Å². The van der Waals surface area contributed by atoms with Crippen LogP contribution in [0.1, 0.15) is 13.8 Å². The minimum atomic E-state index is -0.544. The van der Waals surface area contributed by atoms with Gasteiger partial charge in [-0.3, -0.25) is 0 Å². The number of ether oxygens (including phenoxy) is 1. The summed E-state index contributed by atoms with van der Waals surface area (Å²) in [7, 11) is 0. The molecular formula is C7H13NO2. The van der Waals surface area contributed by atoms with Crippen molar-refractivity contribution < 1.29 is 9.53 Å². The molecular weight excluding hydrogens is 130 g/mol.